The summed E-state index contributed by atoms with van der Waals surface area (Å²) in [5, 5.41) is 9.39. The average molecular weight is 407 g/mol. The number of anilines is 1. The summed E-state index contributed by atoms with van der Waals surface area (Å²) in [5.41, 5.74) is 1.35. The molecule has 0 unspecified atom stereocenters. The van der Waals surface area contributed by atoms with Gasteiger partial charge in [-0.25, -0.2) is 9.18 Å². The fourth-order valence-electron chi connectivity index (χ4n) is 3.20. The molecule has 6 nitrogen and oxygen atoms in total. The zero-order valence-corrected chi connectivity index (χ0v) is 16.0. The number of benzene rings is 2. The smallest absolute Gasteiger partial charge is 0.408 e. The van der Waals surface area contributed by atoms with Gasteiger partial charge in [-0.05, 0) is 23.8 Å². The van der Waals surface area contributed by atoms with E-state index in [0.717, 1.165) is 16.5 Å². The van der Waals surface area contributed by atoms with Gasteiger partial charge in [-0.2, -0.15) is 0 Å². The van der Waals surface area contributed by atoms with Gasteiger partial charge in [0, 0.05) is 19.2 Å². The van der Waals surface area contributed by atoms with Crippen LogP contribution in [0.2, 0.25) is 5.02 Å². The zero-order chi connectivity index (χ0) is 20.3. The number of rotatable bonds is 5. The van der Waals surface area contributed by atoms with Gasteiger partial charge in [-0.1, -0.05) is 41.9 Å². The maximum atomic E-state index is 13.4. The van der Waals surface area contributed by atoms with Gasteiger partial charge in [0.1, 0.15) is 11.9 Å². The first-order valence-electron chi connectivity index (χ1n) is 8.74. The monoisotopic (exact) mass is 406 g/mol. The predicted molar refractivity (Wildman–Crippen MR) is 103 cm³/mol. The summed E-state index contributed by atoms with van der Waals surface area (Å²) >= 11 is 5.79. The number of likely N-dealkylation sites (N-methyl/N-ethyl adjacent to an activating group) is 1. The number of hydrogen-bond acceptors (Lipinski definition) is 3. The highest BCUT2D eigenvalue weighted by Crippen LogP contribution is 2.27. The number of halogens is 2. The number of carbonyl (C=O) groups excluding carboxylic acids is 1. The van der Waals surface area contributed by atoms with E-state index in [4.69, 9.17) is 16.3 Å². The highest BCUT2D eigenvalue weighted by Gasteiger charge is 2.41. The number of carboxylic acid groups (broad SMARTS) is 1. The molecule has 2 aromatic rings. The van der Waals surface area contributed by atoms with Crippen LogP contribution >= 0.6 is 11.6 Å². The number of hydrogen-bond donors (Lipinski definition) is 1. The van der Waals surface area contributed by atoms with Crippen LogP contribution < -0.4 is 4.90 Å². The van der Waals surface area contributed by atoms with E-state index < -0.39 is 30.0 Å². The fraction of sp³-hybridized carbons (Fsp3) is 0.300. The fourth-order valence-corrected chi connectivity index (χ4v) is 3.37. The number of likely N-dealkylation sites (tertiary alicyclic amines) is 1. The largest absolute Gasteiger partial charge is 0.465 e. The number of ether oxygens (including phenoxy) is 1. The third-order valence-electron chi connectivity index (χ3n) is 4.74. The second-order valence-electron chi connectivity index (χ2n) is 6.60. The lowest BCUT2D eigenvalue weighted by atomic mass is 10.1. The molecule has 0 saturated carbocycles. The number of carbonyl (C=O) groups is 2. The van der Waals surface area contributed by atoms with Crippen molar-refractivity contribution in [2.75, 3.05) is 18.5 Å². The van der Waals surface area contributed by atoms with Crippen LogP contribution in [0.5, 0.6) is 0 Å². The Bertz CT molecular complexity index is 865. The maximum absolute atomic E-state index is 13.4. The average Bonchev–Trinajstić information content (AvgIpc) is 3.13. The summed E-state index contributed by atoms with van der Waals surface area (Å²) in [6.07, 6.45) is -1.33. The molecule has 1 heterocycles. The molecule has 1 N–H and O–H groups in total. The molecule has 1 aliphatic heterocycles. The highest BCUT2D eigenvalue weighted by molar-refractivity contribution is 6.31. The molecule has 0 aromatic heterocycles. The first-order valence-corrected chi connectivity index (χ1v) is 9.12. The van der Waals surface area contributed by atoms with Crippen molar-refractivity contribution in [2.24, 2.45) is 0 Å². The standard InChI is InChI=1S/C20H20ClFN2O4/c1-23(14-7-8-17(22)16(21)9-14)19(25)18-10-15(11-24(18)20(26)27)28-12-13-5-3-2-4-6-13/h2-9,15,18H,10-12H2,1H3,(H,26,27)/t15-,18-/m0/s1. The Balaban J connectivity index is 1.70. The first kappa shape index (κ1) is 20.1. The Kier molecular flexibility index (Phi) is 6.16. The van der Waals surface area contributed by atoms with Gasteiger partial charge in [0.2, 0.25) is 5.91 Å². The Labute approximate surface area is 167 Å². The molecule has 0 spiro atoms. The van der Waals surface area contributed by atoms with E-state index in [0.29, 0.717) is 12.3 Å². The lowest BCUT2D eigenvalue weighted by molar-refractivity contribution is -0.122. The van der Waals surface area contributed by atoms with Crippen molar-refractivity contribution < 1.29 is 23.8 Å². The molecular weight excluding hydrogens is 387 g/mol. The summed E-state index contributed by atoms with van der Waals surface area (Å²) < 4.78 is 19.2. The summed E-state index contributed by atoms with van der Waals surface area (Å²) in [6, 6.07) is 12.6. The molecule has 0 aliphatic carbocycles. The molecule has 8 heteroatoms. The topological polar surface area (TPSA) is 70.1 Å². The molecule has 0 bridgehead atoms. The van der Waals surface area contributed by atoms with Gasteiger partial charge in [0.05, 0.1) is 24.3 Å². The molecule has 1 aliphatic rings. The molecule has 3 rings (SSSR count). The second kappa shape index (κ2) is 8.58. The van der Waals surface area contributed by atoms with Gasteiger partial charge in [0.25, 0.3) is 0 Å². The van der Waals surface area contributed by atoms with Crippen molar-refractivity contribution in [3.05, 3.63) is 64.9 Å². The van der Waals surface area contributed by atoms with Crippen molar-refractivity contribution in [3.8, 4) is 0 Å². The van der Waals surface area contributed by atoms with Crippen molar-refractivity contribution in [1.82, 2.24) is 4.90 Å². The molecule has 2 atom stereocenters. The SMILES string of the molecule is CN(C(=O)[C@@H]1C[C@H](OCc2ccccc2)CN1C(=O)O)c1ccc(F)c(Cl)c1. The van der Waals surface area contributed by atoms with Crippen LogP contribution in [0.3, 0.4) is 0 Å². The molecule has 1 saturated heterocycles. The first-order chi connectivity index (χ1) is 13.4. The molecule has 1 fully saturated rings. The van der Waals surface area contributed by atoms with E-state index in [9.17, 15) is 19.1 Å². The number of nitrogens with zero attached hydrogens (tertiary/aromatic N) is 2. The third kappa shape index (κ3) is 4.43. The summed E-state index contributed by atoms with van der Waals surface area (Å²) in [7, 11) is 1.50. The van der Waals surface area contributed by atoms with E-state index >= 15 is 0 Å². The van der Waals surface area contributed by atoms with Gasteiger partial charge < -0.3 is 14.7 Å². The highest BCUT2D eigenvalue weighted by atomic mass is 35.5. The zero-order valence-electron chi connectivity index (χ0n) is 15.2. The third-order valence-corrected chi connectivity index (χ3v) is 5.03. The minimum absolute atomic E-state index is 0.108. The van der Waals surface area contributed by atoms with Crippen molar-refractivity contribution in [2.45, 2.75) is 25.2 Å². The Morgan fingerprint density at radius 3 is 2.64 bits per heavy atom. The van der Waals surface area contributed by atoms with Crippen molar-refractivity contribution in [3.63, 3.8) is 0 Å². The van der Waals surface area contributed by atoms with Gasteiger partial charge in [-0.3, -0.25) is 9.69 Å². The number of amides is 2. The summed E-state index contributed by atoms with van der Waals surface area (Å²) in [6.45, 7) is 0.444. The quantitative estimate of drug-likeness (QED) is 0.820. The van der Waals surface area contributed by atoms with Crippen LogP contribution in [0, 0.1) is 5.82 Å². The lowest BCUT2D eigenvalue weighted by Crippen LogP contribution is -2.46. The second-order valence-corrected chi connectivity index (χ2v) is 7.01. The molecule has 2 aromatic carbocycles. The van der Waals surface area contributed by atoms with Gasteiger partial charge in [-0.15, -0.1) is 0 Å². The van der Waals surface area contributed by atoms with Crippen molar-refractivity contribution in [1.29, 1.82) is 0 Å². The minimum atomic E-state index is -1.19. The summed E-state index contributed by atoms with van der Waals surface area (Å²) in [5.74, 6) is -1.01. The maximum Gasteiger partial charge on any atom is 0.408 e. The molecular formula is C20H20ClFN2O4. The predicted octanol–water partition coefficient (Wildman–Crippen LogP) is 3.78. The normalized spacial score (nSPS) is 18.9. The van der Waals surface area contributed by atoms with E-state index in [1.165, 1.54) is 24.1 Å². The van der Waals surface area contributed by atoms with E-state index in [1.54, 1.807) is 0 Å². The van der Waals surface area contributed by atoms with Crippen LogP contribution in [0.15, 0.2) is 48.5 Å². The molecule has 28 heavy (non-hydrogen) atoms. The minimum Gasteiger partial charge on any atom is -0.465 e. The van der Waals surface area contributed by atoms with Crippen LogP contribution in [0.25, 0.3) is 0 Å². The Morgan fingerprint density at radius 1 is 1.29 bits per heavy atom. The Hall–Kier alpha value is -2.64. The molecule has 0 radical (unpaired) electrons. The van der Waals surface area contributed by atoms with Crippen LogP contribution in [0.1, 0.15) is 12.0 Å². The lowest BCUT2D eigenvalue weighted by Gasteiger charge is -2.26. The Morgan fingerprint density at radius 2 is 2.00 bits per heavy atom. The molecule has 2 amide bonds. The van der Waals surface area contributed by atoms with Crippen LogP contribution in [-0.2, 0) is 16.1 Å². The van der Waals surface area contributed by atoms with Gasteiger partial charge >= 0.3 is 6.09 Å². The molecule has 148 valence electrons. The van der Waals surface area contributed by atoms with E-state index in [-0.39, 0.29) is 18.0 Å². The van der Waals surface area contributed by atoms with E-state index in [1.807, 2.05) is 30.3 Å². The van der Waals surface area contributed by atoms with Crippen molar-refractivity contribution >= 4 is 29.3 Å². The summed E-state index contributed by atoms with van der Waals surface area (Å²) in [4.78, 5) is 26.9. The van der Waals surface area contributed by atoms with Crippen LogP contribution in [-0.4, -0.2) is 47.7 Å². The van der Waals surface area contributed by atoms with Crippen LogP contribution in [0.4, 0.5) is 14.9 Å². The van der Waals surface area contributed by atoms with E-state index in [2.05, 4.69) is 0 Å². The van der Waals surface area contributed by atoms with Gasteiger partial charge in [0.15, 0.2) is 0 Å².